The predicted molar refractivity (Wildman–Crippen MR) is 86.1 cm³/mol. The molecule has 1 aromatic heterocycles. The first-order chi connectivity index (χ1) is 9.64. The molecule has 0 amide bonds. The number of pyridine rings is 1. The fourth-order valence-electron chi connectivity index (χ4n) is 3.24. The maximum absolute atomic E-state index is 6.13. The lowest BCUT2D eigenvalue weighted by atomic mass is 9.82. The van der Waals surface area contributed by atoms with Crippen molar-refractivity contribution in [3.05, 3.63) is 23.9 Å². The van der Waals surface area contributed by atoms with E-state index < -0.39 is 0 Å². The Bertz CT molecular complexity index is 426. The summed E-state index contributed by atoms with van der Waals surface area (Å²) in [6.07, 6.45) is 7.67. The van der Waals surface area contributed by atoms with Gasteiger partial charge < -0.3 is 10.6 Å². The number of hydrogen-bond acceptors (Lipinski definition) is 3. The second-order valence-electron chi connectivity index (χ2n) is 6.24. The minimum absolute atomic E-state index is 0.239. The van der Waals surface area contributed by atoms with Gasteiger partial charge in [0.15, 0.2) is 0 Å². The van der Waals surface area contributed by atoms with Crippen molar-refractivity contribution < 1.29 is 0 Å². The number of rotatable bonds is 6. The molecule has 3 heteroatoms. The summed E-state index contributed by atoms with van der Waals surface area (Å²) >= 11 is 0. The van der Waals surface area contributed by atoms with E-state index >= 15 is 0 Å². The zero-order valence-electron chi connectivity index (χ0n) is 13.2. The van der Waals surface area contributed by atoms with Crippen LogP contribution in [0.4, 0.5) is 5.82 Å². The van der Waals surface area contributed by atoms with Crippen molar-refractivity contribution in [3.8, 4) is 0 Å². The van der Waals surface area contributed by atoms with Gasteiger partial charge in [0.1, 0.15) is 5.82 Å². The topological polar surface area (TPSA) is 42.1 Å². The highest BCUT2D eigenvalue weighted by Gasteiger charge is 2.36. The SMILES string of the molecule is CCC(N)Cc1cccnc1N1CCC(CC)(CC)C1. The van der Waals surface area contributed by atoms with Crippen LogP contribution in [-0.2, 0) is 6.42 Å². The molecule has 0 aromatic carbocycles. The van der Waals surface area contributed by atoms with Gasteiger partial charge in [-0.15, -0.1) is 0 Å². The molecular formula is C17H29N3. The largest absolute Gasteiger partial charge is 0.356 e. The molecule has 0 radical (unpaired) electrons. The molecule has 0 saturated carbocycles. The Labute approximate surface area is 123 Å². The summed E-state index contributed by atoms with van der Waals surface area (Å²) in [5, 5.41) is 0. The molecule has 2 N–H and O–H groups in total. The molecule has 3 nitrogen and oxygen atoms in total. The highest BCUT2D eigenvalue weighted by atomic mass is 15.2. The summed E-state index contributed by atoms with van der Waals surface area (Å²) in [4.78, 5) is 7.13. The Kier molecular flexibility index (Phi) is 5.03. The minimum atomic E-state index is 0.239. The van der Waals surface area contributed by atoms with Crippen molar-refractivity contribution >= 4 is 5.82 Å². The summed E-state index contributed by atoms with van der Waals surface area (Å²) in [6, 6.07) is 4.46. The maximum Gasteiger partial charge on any atom is 0.131 e. The van der Waals surface area contributed by atoms with Crippen LogP contribution in [0.3, 0.4) is 0 Å². The molecule has 0 bridgehead atoms. The average Bonchev–Trinajstić information content (AvgIpc) is 2.92. The Morgan fingerprint density at radius 2 is 2.10 bits per heavy atom. The van der Waals surface area contributed by atoms with Gasteiger partial charge in [0.2, 0.25) is 0 Å². The van der Waals surface area contributed by atoms with Crippen molar-refractivity contribution in [1.29, 1.82) is 0 Å². The number of nitrogens with zero attached hydrogens (tertiary/aromatic N) is 2. The number of anilines is 1. The molecule has 1 aliphatic heterocycles. The highest BCUT2D eigenvalue weighted by molar-refractivity contribution is 5.48. The van der Waals surface area contributed by atoms with Crippen molar-refractivity contribution in [1.82, 2.24) is 4.98 Å². The van der Waals surface area contributed by atoms with Crippen LogP contribution in [0.5, 0.6) is 0 Å². The third kappa shape index (κ3) is 3.14. The quantitative estimate of drug-likeness (QED) is 0.865. The van der Waals surface area contributed by atoms with E-state index in [0.717, 1.165) is 25.9 Å². The van der Waals surface area contributed by atoms with Crippen LogP contribution >= 0.6 is 0 Å². The second kappa shape index (κ2) is 6.57. The molecular weight excluding hydrogens is 246 g/mol. The fraction of sp³-hybridized carbons (Fsp3) is 0.706. The van der Waals surface area contributed by atoms with Gasteiger partial charge >= 0.3 is 0 Å². The van der Waals surface area contributed by atoms with Crippen LogP contribution in [0.1, 0.15) is 52.0 Å². The van der Waals surface area contributed by atoms with Gasteiger partial charge in [-0.3, -0.25) is 0 Å². The Hall–Kier alpha value is -1.09. The van der Waals surface area contributed by atoms with Crippen molar-refractivity contribution in [2.45, 2.75) is 58.9 Å². The van der Waals surface area contributed by atoms with Gasteiger partial charge in [0.05, 0.1) is 0 Å². The van der Waals surface area contributed by atoms with E-state index in [1.165, 1.54) is 30.6 Å². The zero-order chi connectivity index (χ0) is 14.6. The fourth-order valence-corrected chi connectivity index (χ4v) is 3.24. The van der Waals surface area contributed by atoms with Crippen LogP contribution in [-0.4, -0.2) is 24.1 Å². The molecule has 112 valence electrons. The number of aromatic nitrogens is 1. The lowest BCUT2D eigenvalue weighted by Gasteiger charge is -2.27. The van der Waals surface area contributed by atoms with Crippen LogP contribution in [0.15, 0.2) is 18.3 Å². The molecule has 0 aliphatic carbocycles. The van der Waals surface area contributed by atoms with E-state index in [-0.39, 0.29) is 6.04 Å². The van der Waals surface area contributed by atoms with E-state index in [2.05, 4.69) is 36.7 Å². The predicted octanol–water partition coefficient (Wildman–Crippen LogP) is 3.38. The smallest absolute Gasteiger partial charge is 0.131 e. The maximum atomic E-state index is 6.13. The van der Waals surface area contributed by atoms with Crippen LogP contribution in [0.2, 0.25) is 0 Å². The molecule has 1 saturated heterocycles. The number of nitrogens with two attached hydrogens (primary N) is 1. The van der Waals surface area contributed by atoms with Crippen LogP contribution < -0.4 is 10.6 Å². The van der Waals surface area contributed by atoms with Gasteiger partial charge in [-0.25, -0.2) is 4.98 Å². The monoisotopic (exact) mass is 275 g/mol. The van der Waals surface area contributed by atoms with Gasteiger partial charge in [-0.2, -0.15) is 0 Å². The first-order valence-corrected chi connectivity index (χ1v) is 8.08. The zero-order valence-corrected chi connectivity index (χ0v) is 13.2. The van der Waals surface area contributed by atoms with Gasteiger partial charge in [-0.1, -0.05) is 26.8 Å². The third-order valence-electron chi connectivity index (χ3n) is 5.11. The molecule has 2 heterocycles. The lowest BCUT2D eigenvalue weighted by molar-refractivity contribution is 0.301. The summed E-state index contributed by atoms with van der Waals surface area (Å²) < 4.78 is 0. The van der Waals surface area contributed by atoms with E-state index in [1.54, 1.807) is 0 Å². The normalized spacial score (nSPS) is 19.3. The first kappa shape index (κ1) is 15.3. The molecule has 1 unspecified atom stereocenters. The van der Waals surface area contributed by atoms with Crippen LogP contribution in [0, 0.1) is 5.41 Å². The van der Waals surface area contributed by atoms with Crippen molar-refractivity contribution in [3.63, 3.8) is 0 Å². The van der Waals surface area contributed by atoms with E-state index in [4.69, 9.17) is 5.73 Å². The molecule has 1 aromatic rings. The molecule has 2 rings (SSSR count). The summed E-state index contributed by atoms with van der Waals surface area (Å²) in [6.45, 7) is 9.06. The average molecular weight is 275 g/mol. The van der Waals surface area contributed by atoms with Crippen LogP contribution in [0.25, 0.3) is 0 Å². The summed E-state index contributed by atoms with van der Waals surface area (Å²) in [5.74, 6) is 1.17. The Morgan fingerprint density at radius 1 is 1.35 bits per heavy atom. The van der Waals surface area contributed by atoms with Crippen molar-refractivity contribution in [2.75, 3.05) is 18.0 Å². The molecule has 1 atom stereocenters. The van der Waals surface area contributed by atoms with E-state index in [0.29, 0.717) is 5.41 Å². The number of hydrogen-bond donors (Lipinski definition) is 1. The van der Waals surface area contributed by atoms with E-state index in [9.17, 15) is 0 Å². The lowest BCUT2D eigenvalue weighted by Crippen LogP contribution is -2.29. The summed E-state index contributed by atoms with van der Waals surface area (Å²) in [5.41, 5.74) is 7.93. The second-order valence-corrected chi connectivity index (χ2v) is 6.24. The van der Waals surface area contributed by atoms with Gasteiger partial charge in [0, 0.05) is 25.3 Å². The molecule has 0 spiro atoms. The Morgan fingerprint density at radius 3 is 2.70 bits per heavy atom. The van der Waals surface area contributed by atoms with E-state index in [1.807, 2.05) is 12.3 Å². The summed E-state index contributed by atoms with van der Waals surface area (Å²) in [7, 11) is 0. The molecule has 1 aliphatic rings. The third-order valence-corrected chi connectivity index (χ3v) is 5.11. The highest BCUT2D eigenvalue weighted by Crippen LogP contribution is 2.39. The Balaban J connectivity index is 2.17. The van der Waals surface area contributed by atoms with Gasteiger partial charge in [-0.05, 0) is 49.1 Å². The molecule has 1 fully saturated rings. The first-order valence-electron chi connectivity index (χ1n) is 8.08. The minimum Gasteiger partial charge on any atom is -0.356 e. The standard InChI is InChI=1S/C17H29N3/c1-4-15(18)12-14-8-7-10-19-16(14)20-11-9-17(5-2,6-3)13-20/h7-8,10,15H,4-6,9,11-13,18H2,1-3H3. The van der Waals surface area contributed by atoms with Crippen molar-refractivity contribution in [2.24, 2.45) is 11.1 Å². The molecule has 20 heavy (non-hydrogen) atoms. The van der Waals surface area contributed by atoms with Gasteiger partial charge in [0.25, 0.3) is 0 Å².